The summed E-state index contributed by atoms with van der Waals surface area (Å²) >= 11 is 2.75. The molecule has 1 aliphatic heterocycles. The lowest BCUT2D eigenvalue weighted by Crippen LogP contribution is -2.16. The Labute approximate surface area is 158 Å². The summed E-state index contributed by atoms with van der Waals surface area (Å²) in [6.07, 6.45) is 1.80. The lowest BCUT2D eigenvalue weighted by atomic mass is 9.99. The largest absolute Gasteiger partial charge is 0.384 e. The molecule has 0 amide bonds. The molecule has 1 aromatic carbocycles. The average Bonchev–Trinajstić information content (AvgIpc) is 3.13. The zero-order chi connectivity index (χ0) is 18.4. The molecule has 3 heterocycles. The van der Waals surface area contributed by atoms with Gasteiger partial charge in [-0.2, -0.15) is 9.36 Å². The van der Waals surface area contributed by atoms with Crippen molar-refractivity contribution in [3.05, 3.63) is 45.2 Å². The lowest BCUT2D eigenvalue weighted by Gasteiger charge is -2.07. The number of benzene rings is 1. The summed E-state index contributed by atoms with van der Waals surface area (Å²) in [6, 6.07) is 6.09. The number of anilines is 1. The molecule has 132 valence electrons. The van der Waals surface area contributed by atoms with Gasteiger partial charge in [-0.05, 0) is 37.8 Å². The van der Waals surface area contributed by atoms with Crippen LogP contribution in [0, 0.1) is 6.92 Å². The lowest BCUT2D eigenvalue weighted by molar-refractivity contribution is 0.951. The predicted octanol–water partition coefficient (Wildman–Crippen LogP) is 3.80. The van der Waals surface area contributed by atoms with Gasteiger partial charge in [0.05, 0.1) is 11.3 Å². The summed E-state index contributed by atoms with van der Waals surface area (Å²) in [5, 5.41) is 0.755. The summed E-state index contributed by atoms with van der Waals surface area (Å²) in [5.74, 6) is 1.23. The molecule has 0 fully saturated rings. The number of hydrogen-bond donors (Lipinski definition) is 1. The number of fused-ring (bicyclic) bond motifs is 2. The number of aromatic nitrogens is 3. The first kappa shape index (κ1) is 17.0. The molecule has 0 aliphatic carbocycles. The molecule has 2 aromatic heterocycles. The maximum Gasteiger partial charge on any atom is 0.283 e. The van der Waals surface area contributed by atoms with E-state index in [1.807, 2.05) is 32.9 Å². The highest BCUT2D eigenvalue weighted by molar-refractivity contribution is 7.99. The van der Waals surface area contributed by atoms with Gasteiger partial charge in [0.15, 0.2) is 5.16 Å². The quantitative estimate of drug-likeness (QED) is 0.695. The van der Waals surface area contributed by atoms with E-state index in [0.29, 0.717) is 16.3 Å². The van der Waals surface area contributed by atoms with Crippen LogP contribution >= 0.6 is 23.3 Å². The molecule has 0 bridgehead atoms. The Hall–Kier alpha value is -2.45. The third-order valence-corrected chi connectivity index (χ3v) is 5.85. The van der Waals surface area contributed by atoms with Crippen LogP contribution in [0.1, 0.15) is 30.5 Å². The van der Waals surface area contributed by atoms with Crippen molar-refractivity contribution in [3.8, 4) is 0 Å². The van der Waals surface area contributed by atoms with E-state index in [9.17, 15) is 4.79 Å². The number of allylic oxidation sites excluding steroid dienone is 1. The summed E-state index contributed by atoms with van der Waals surface area (Å²) in [6.45, 7) is 6.02. The molecule has 0 unspecified atom stereocenters. The summed E-state index contributed by atoms with van der Waals surface area (Å²) in [5.41, 5.74) is 11.2. The van der Waals surface area contributed by atoms with Crippen LogP contribution in [-0.4, -0.2) is 25.2 Å². The number of hydrogen-bond acceptors (Lipinski definition) is 7. The second-order valence-corrected chi connectivity index (χ2v) is 7.97. The molecular formula is C18H17N5OS2. The second kappa shape index (κ2) is 6.37. The molecule has 2 N–H and O–H groups in total. The van der Waals surface area contributed by atoms with Crippen LogP contribution in [0.3, 0.4) is 0 Å². The number of nitrogens with two attached hydrogens (primary N) is 1. The molecule has 3 aromatic rings. The number of rotatable bonds is 3. The molecule has 0 spiro atoms. The van der Waals surface area contributed by atoms with Gasteiger partial charge in [0.25, 0.3) is 5.56 Å². The van der Waals surface area contributed by atoms with E-state index in [4.69, 9.17) is 5.73 Å². The molecule has 26 heavy (non-hydrogen) atoms. The minimum Gasteiger partial charge on any atom is -0.384 e. The zero-order valence-corrected chi connectivity index (χ0v) is 16.2. The van der Waals surface area contributed by atoms with Crippen molar-refractivity contribution in [2.24, 2.45) is 4.99 Å². The van der Waals surface area contributed by atoms with Crippen molar-refractivity contribution in [1.29, 1.82) is 0 Å². The van der Waals surface area contributed by atoms with Crippen molar-refractivity contribution in [3.63, 3.8) is 0 Å². The van der Waals surface area contributed by atoms with Crippen molar-refractivity contribution in [1.82, 2.24) is 13.8 Å². The standard InChI is InChI=1S/C18H17N5OS2/c1-4-25-18-22-26-17-21-16(24)13(15(19)23(17)18)8-11-10(3)20-14-6-5-9(2)7-12(11)14/h5-8H,4,19H2,1-3H3. The Bertz CT molecular complexity index is 1160. The maximum absolute atomic E-state index is 12.6. The van der Waals surface area contributed by atoms with E-state index >= 15 is 0 Å². The summed E-state index contributed by atoms with van der Waals surface area (Å²) < 4.78 is 6.12. The van der Waals surface area contributed by atoms with E-state index in [1.54, 1.807) is 22.2 Å². The zero-order valence-electron chi connectivity index (χ0n) is 14.6. The second-order valence-electron chi connectivity index (χ2n) is 6.01. The Morgan fingerprint density at radius 3 is 2.92 bits per heavy atom. The molecule has 0 saturated heterocycles. The Balaban J connectivity index is 1.95. The highest BCUT2D eigenvalue weighted by Gasteiger charge is 2.21. The smallest absolute Gasteiger partial charge is 0.283 e. The van der Waals surface area contributed by atoms with Crippen LogP contribution < -0.4 is 11.3 Å². The van der Waals surface area contributed by atoms with Gasteiger partial charge in [0, 0.05) is 28.4 Å². The monoisotopic (exact) mass is 383 g/mol. The van der Waals surface area contributed by atoms with Gasteiger partial charge in [-0.3, -0.25) is 9.79 Å². The van der Waals surface area contributed by atoms with Crippen LogP contribution in [-0.2, 0) is 0 Å². The van der Waals surface area contributed by atoms with Crippen molar-refractivity contribution in [2.45, 2.75) is 25.9 Å². The number of thioether (sulfide) groups is 1. The van der Waals surface area contributed by atoms with Crippen LogP contribution in [0.25, 0.3) is 16.6 Å². The normalized spacial score (nSPS) is 14.9. The molecule has 0 radical (unpaired) electrons. The molecule has 8 heteroatoms. The first-order valence-electron chi connectivity index (χ1n) is 8.18. The van der Waals surface area contributed by atoms with Gasteiger partial charge >= 0.3 is 0 Å². The molecular weight excluding hydrogens is 366 g/mol. The fourth-order valence-corrected chi connectivity index (χ4v) is 4.56. The topological polar surface area (TPSA) is 85.6 Å². The summed E-state index contributed by atoms with van der Waals surface area (Å²) in [4.78, 5) is 21.8. The van der Waals surface area contributed by atoms with Gasteiger partial charge in [0.2, 0.25) is 4.96 Å². The summed E-state index contributed by atoms with van der Waals surface area (Å²) in [7, 11) is 0. The predicted molar refractivity (Wildman–Crippen MR) is 110 cm³/mol. The van der Waals surface area contributed by atoms with Gasteiger partial charge in [-0.1, -0.05) is 30.3 Å². The molecule has 0 atom stereocenters. The van der Waals surface area contributed by atoms with Crippen molar-refractivity contribution >= 4 is 57.1 Å². The Morgan fingerprint density at radius 2 is 2.15 bits per heavy atom. The molecule has 4 rings (SSSR count). The van der Waals surface area contributed by atoms with Gasteiger partial charge < -0.3 is 5.73 Å². The van der Waals surface area contributed by atoms with Gasteiger partial charge in [0.1, 0.15) is 5.82 Å². The number of aliphatic imine (C=N–C) groups is 1. The van der Waals surface area contributed by atoms with Gasteiger partial charge in [-0.15, -0.1) is 0 Å². The van der Waals surface area contributed by atoms with E-state index in [-0.39, 0.29) is 5.56 Å². The Kier molecular flexibility index (Phi) is 4.16. The SMILES string of the molecule is CCSc1nsc2nc(=O)c(C=C3C(C)=Nc4ccc(C)cc43)c(N)n12. The van der Waals surface area contributed by atoms with Crippen molar-refractivity contribution < 1.29 is 0 Å². The molecule has 6 nitrogen and oxygen atoms in total. The van der Waals surface area contributed by atoms with E-state index in [2.05, 4.69) is 20.4 Å². The minimum atomic E-state index is -0.347. The van der Waals surface area contributed by atoms with Gasteiger partial charge in [-0.25, -0.2) is 4.40 Å². The van der Waals surface area contributed by atoms with Crippen LogP contribution in [0.2, 0.25) is 0 Å². The highest BCUT2D eigenvalue weighted by Crippen LogP contribution is 2.37. The fourth-order valence-electron chi connectivity index (χ4n) is 2.98. The fraction of sp³-hybridized carbons (Fsp3) is 0.222. The number of nitrogen functional groups attached to an aromatic ring is 1. The third-order valence-electron chi connectivity index (χ3n) is 4.21. The minimum absolute atomic E-state index is 0.347. The maximum atomic E-state index is 12.6. The van der Waals surface area contributed by atoms with Crippen LogP contribution in [0.15, 0.2) is 33.1 Å². The van der Waals surface area contributed by atoms with Crippen LogP contribution in [0.5, 0.6) is 0 Å². The number of nitrogens with zero attached hydrogens (tertiary/aromatic N) is 4. The van der Waals surface area contributed by atoms with E-state index in [0.717, 1.165) is 39.0 Å². The Morgan fingerprint density at radius 1 is 1.35 bits per heavy atom. The third kappa shape index (κ3) is 2.65. The van der Waals surface area contributed by atoms with E-state index in [1.165, 1.54) is 11.5 Å². The first-order valence-corrected chi connectivity index (χ1v) is 9.94. The van der Waals surface area contributed by atoms with Crippen molar-refractivity contribution in [2.75, 3.05) is 11.5 Å². The van der Waals surface area contributed by atoms with Crippen LogP contribution in [0.4, 0.5) is 11.5 Å². The first-order chi connectivity index (χ1) is 12.5. The number of aryl methyl sites for hydroxylation is 1. The molecule has 1 aliphatic rings. The van der Waals surface area contributed by atoms with E-state index < -0.39 is 0 Å². The average molecular weight is 384 g/mol. The molecule has 0 saturated carbocycles. The highest BCUT2D eigenvalue weighted by atomic mass is 32.2.